The highest BCUT2D eigenvalue weighted by Crippen LogP contribution is 2.17. The van der Waals surface area contributed by atoms with Crippen LogP contribution in [-0.4, -0.2) is 5.78 Å². The molecule has 20 heavy (non-hydrogen) atoms. The van der Waals surface area contributed by atoms with Crippen molar-refractivity contribution >= 4 is 5.78 Å². The average Bonchev–Trinajstić information content (AvgIpc) is 2.41. The first kappa shape index (κ1) is 14.4. The summed E-state index contributed by atoms with van der Waals surface area (Å²) in [7, 11) is 0. The van der Waals surface area contributed by atoms with Gasteiger partial charge < -0.3 is 0 Å². The number of halogens is 1. The molecule has 0 amide bonds. The fraction of sp³-hybridized carbons (Fsp3) is 0.278. The molecular weight excluding hydrogens is 251 g/mol. The van der Waals surface area contributed by atoms with Crippen molar-refractivity contribution in [2.24, 2.45) is 5.92 Å². The number of aryl methyl sites for hydroxylation is 1. The summed E-state index contributed by atoms with van der Waals surface area (Å²) in [5.41, 5.74) is 3.04. The van der Waals surface area contributed by atoms with Gasteiger partial charge in [-0.25, -0.2) is 4.39 Å². The SMILES string of the molecule is Cc1ccc(F)cc1C(=O)c1ccc(CC(C)C)cc1. The van der Waals surface area contributed by atoms with Crippen LogP contribution in [0.2, 0.25) is 0 Å². The molecule has 2 heteroatoms. The molecule has 0 fully saturated rings. The Balaban J connectivity index is 2.27. The maximum absolute atomic E-state index is 13.3. The molecule has 1 nitrogen and oxygen atoms in total. The van der Waals surface area contributed by atoms with E-state index in [2.05, 4.69) is 13.8 Å². The Kier molecular flexibility index (Phi) is 4.33. The number of benzene rings is 2. The molecule has 0 aliphatic carbocycles. The molecule has 0 saturated carbocycles. The van der Waals surface area contributed by atoms with E-state index in [1.54, 1.807) is 6.07 Å². The van der Waals surface area contributed by atoms with Crippen molar-refractivity contribution in [3.05, 3.63) is 70.5 Å². The molecule has 0 unspecified atom stereocenters. The second kappa shape index (κ2) is 6.00. The van der Waals surface area contributed by atoms with Crippen molar-refractivity contribution in [2.75, 3.05) is 0 Å². The van der Waals surface area contributed by atoms with E-state index in [-0.39, 0.29) is 11.6 Å². The highest BCUT2D eigenvalue weighted by molar-refractivity contribution is 6.09. The molecule has 0 N–H and O–H groups in total. The molecule has 0 aliphatic rings. The molecule has 0 saturated heterocycles. The van der Waals surface area contributed by atoms with E-state index < -0.39 is 0 Å². The fourth-order valence-electron chi connectivity index (χ4n) is 2.26. The number of carbonyl (C=O) groups is 1. The molecule has 0 heterocycles. The minimum Gasteiger partial charge on any atom is -0.289 e. The van der Waals surface area contributed by atoms with Crippen LogP contribution in [0.1, 0.15) is 40.9 Å². The molecule has 0 aliphatic heterocycles. The van der Waals surface area contributed by atoms with Gasteiger partial charge in [0, 0.05) is 11.1 Å². The van der Waals surface area contributed by atoms with Crippen LogP contribution in [-0.2, 0) is 6.42 Å². The highest BCUT2D eigenvalue weighted by atomic mass is 19.1. The Morgan fingerprint density at radius 2 is 1.75 bits per heavy atom. The molecule has 2 aromatic rings. The zero-order valence-electron chi connectivity index (χ0n) is 12.1. The van der Waals surface area contributed by atoms with Gasteiger partial charge >= 0.3 is 0 Å². The van der Waals surface area contributed by atoms with E-state index in [9.17, 15) is 9.18 Å². The molecule has 0 radical (unpaired) electrons. The lowest BCUT2D eigenvalue weighted by molar-refractivity contribution is 0.103. The first-order valence-corrected chi connectivity index (χ1v) is 6.87. The van der Waals surface area contributed by atoms with Crippen LogP contribution in [0.25, 0.3) is 0 Å². The van der Waals surface area contributed by atoms with Crippen molar-refractivity contribution in [2.45, 2.75) is 27.2 Å². The summed E-state index contributed by atoms with van der Waals surface area (Å²) in [5.74, 6) is 0.0792. The van der Waals surface area contributed by atoms with Crippen LogP contribution in [0.4, 0.5) is 4.39 Å². The van der Waals surface area contributed by atoms with Gasteiger partial charge in [0.15, 0.2) is 5.78 Å². The molecule has 0 atom stereocenters. The minimum absolute atomic E-state index is 0.127. The molecule has 0 bridgehead atoms. The minimum atomic E-state index is -0.379. The van der Waals surface area contributed by atoms with E-state index in [0.29, 0.717) is 17.0 Å². The van der Waals surface area contributed by atoms with Crippen LogP contribution >= 0.6 is 0 Å². The van der Waals surface area contributed by atoms with E-state index in [0.717, 1.165) is 12.0 Å². The summed E-state index contributed by atoms with van der Waals surface area (Å²) < 4.78 is 13.3. The number of rotatable bonds is 4. The summed E-state index contributed by atoms with van der Waals surface area (Å²) in [6, 6.07) is 11.9. The van der Waals surface area contributed by atoms with Gasteiger partial charge in [-0.15, -0.1) is 0 Å². The van der Waals surface area contributed by atoms with Crippen molar-refractivity contribution in [1.29, 1.82) is 0 Å². The second-order valence-corrected chi connectivity index (χ2v) is 5.58. The third-order valence-corrected chi connectivity index (χ3v) is 3.30. The Bertz CT molecular complexity index is 612. The quantitative estimate of drug-likeness (QED) is 0.744. The zero-order chi connectivity index (χ0) is 14.7. The molecule has 2 aromatic carbocycles. The largest absolute Gasteiger partial charge is 0.289 e. The van der Waals surface area contributed by atoms with Gasteiger partial charge in [0.05, 0.1) is 0 Å². The molecule has 0 aromatic heterocycles. The molecule has 104 valence electrons. The maximum atomic E-state index is 13.3. The lowest BCUT2D eigenvalue weighted by Gasteiger charge is -2.08. The molecule has 2 rings (SSSR count). The smallest absolute Gasteiger partial charge is 0.193 e. The third-order valence-electron chi connectivity index (χ3n) is 3.30. The first-order chi connectivity index (χ1) is 9.47. The Hall–Kier alpha value is -1.96. The standard InChI is InChI=1S/C18H19FO/c1-12(2)10-14-5-7-15(8-6-14)18(20)17-11-16(19)9-4-13(17)3/h4-9,11-12H,10H2,1-3H3. The van der Waals surface area contributed by atoms with E-state index >= 15 is 0 Å². The summed E-state index contributed by atoms with van der Waals surface area (Å²) in [6.07, 6.45) is 0.994. The van der Waals surface area contributed by atoms with E-state index in [4.69, 9.17) is 0 Å². The summed E-state index contributed by atoms with van der Waals surface area (Å²) >= 11 is 0. The van der Waals surface area contributed by atoms with Crippen LogP contribution in [0, 0.1) is 18.7 Å². The van der Waals surface area contributed by atoms with Gasteiger partial charge in [0.1, 0.15) is 5.82 Å². The topological polar surface area (TPSA) is 17.1 Å². The Morgan fingerprint density at radius 1 is 1.10 bits per heavy atom. The van der Waals surface area contributed by atoms with E-state index in [1.165, 1.54) is 17.7 Å². The lowest BCUT2D eigenvalue weighted by Crippen LogP contribution is -2.05. The maximum Gasteiger partial charge on any atom is 0.193 e. The predicted molar refractivity (Wildman–Crippen MR) is 79.6 cm³/mol. The Labute approximate surface area is 119 Å². The summed E-state index contributed by atoms with van der Waals surface area (Å²) in [6.45, 7) is 6.14. The number of ketones is 1. The number of hydrogen-bond acceptors (Lipinski definition) is 1. The van der Waals surface area contributed by atoms with Crippen molar-refractivity contribution in [1.82, 2.24) is 0 Å². The summed E-state index contributed by atoms with van der Waals surface area (Å²) in [5, 5.41) is 0. The highest BCUT2D eigenvalue weighted by Gasteiger charge is 2.12. The average molecular weight is 270 g/mol. The molecular formula is C18H19FO. The lowest BCUT2D eigenvalue weighted by atomic mass is 9.96. The van der Waals surface area contributed by atoms with Crippen molar-refractivity contribution in [3.63, 3.8) is 0 Å². The van der Waals surface area contributed by atoms with Gasteiger partial charge in [-0.2, -0.15) is 0 Å². The zero-order valence-corrected chi connectivity index (χ0v) is 12.1. The third kappa shape index (κ3) is 3.32. The number of carbonyl (C=O) groups excluding carboxylic acids is 1. The van der Waals surface area contributed by atoms with Crippen molar-refractivity contribution in [3.8, 4) is 0 Å². The normalized spacial score (nSPS) is 10.8. The van der Waals surface area contributed by atoms with Crippen LogP contribution < -0.4 is 0 Å². The number of hydrogen-bond donors (Lipinski definition) is 0. The summed E-state index contributed by atoms with van der Waals surface area (Å²) in [4.78, 5) is 12.4. The second-order valence-electron chi connectivity index (χ2n) is 5.58. The van der Waals surface area contributed by atoms with E-state index in [1.807, 2.05) is 31.2 Å². The van der Waals surface area contributed by atoms with Gasteiger partial charge in [-0.05, 0) is 42.5 Å². The van der Waals surface area contributed by atoms with Gasteiger partial charge in [-0.3, -0.25) is 4.79 Å². The van der Waals surface area contributed by atoms with Gasteiger partial charge in [-0.1, -0.05) is 44.2 Å². The first-order valence-electron chi connectivity index (χ1n) is 6.87. The van der Waals surface area contributed by atoms with Crippen LogP contribution in [0.5, 0.6) is 0 Å². The Morgan fingerprint density at radius 3 is 2.35 bits per heavy atom. The predicted octanol–water partition coefficient (Wildman–Crippen LogP) is 4.56. The van der Waals surface area contributed by atoms with Crippen LogP contribution in [0.15, 0.2) is 42.5 Å². The van der Waals surface area contributed by atoms with Crippen molar-refractivity contribution < 1.29 is 9.18 Å². The van der Waals surface area contributed by atoms with Crippen LogP contribution in [0.3, 0.4) is 0 Å². The van der Waals surface area contributed by atoms with Gasteiger partial charge in [0.2, 0.25) is 0 Å². The monoisotopic (exact) mass is 270 g/mol. The van der Waals surface area contributed by atoms with Gasteiger partial charge in [0.25, 0.3) is 0 Å². The fourth-order valence-corrected chi connectivity index (χ4v) is 2.26. The molecule has 0 spiro atoms.